The average Bonchev–Trinajstić information content (AvgIpc) is 2.93. The van der Waals surface area contributed by atoms with E-state index in [9.17, 15) is 18.0 Å². The molecule has 7 nitrogen and oxygen atoms in total. The minimum atomic E-state index is -4.14. The molecule has 0 heterocycles. The number of carbonyl (C=O) groups excluding carboxylic acids is 2. The lowest BCUT2D eigenvalue weighted by Gasteiger charge is -2.32. The van der Waals surface area contributed by atoms with Crippen LogP contribution in [0.5, 0.6) is 0 Å². The van der Waals surface area contributed by atoms with E-state index in [0.29, 0.717) is 17.1 Å². The zero-order valence-electron chi connectivity index (χ0n) is 23.7. The summed E-state index contributed by atoms with van der Waals surface area (Å²) in [5, 5.41) is 3.35. The van der Waals surface area contributed by atoms with Crippen LogP contribution in [0.15, 0.2) is 77.7 Å². The number of carbonyl (C=O) groups is 2. The number of rotatable bonds is 12. The van der Waals surface area contributed by atoms with E-state index in [1.807, 2.05) is 64.1 Å². The summed E-state index contributed by atoms with van der Waals surface area (Å²) in [6, 6.07) is 19.9. The predicted octanol–water partition coefficient (Wildman–Crippen LogP) is 5.53. The maximum absolute atomic E-state index is 14.0. The third kappa shape index (κ3) is 7.86. The molecule has 0 saturated heterocycles. The number of aryl methyl sites for hydroxylation is 2. The Balaban J connectivity index is 2.00. The van der Waals surface area contributed by atoms with Crippen molar-refractivity contribution in [1.82, 2.24) is 10.2 Å². The molecule has 0 aliphatic rings. The van der Waals surface area contributed by atoms with Gasteiger partial charge in [0.25, 0.3) is 10.0 Å². The molecule has 0 fully saturated rings. The van der Waals surface area contributed by atoms with Crippen LogP contribution in [0, 0.1) is 13.8 Å². The van der Waals surface area contributed by atoms with Gasteiger partial charge >= 0.3 is 0 Å². The van der Waals surface area contributed by atoms with Gasteiger partial charge in [-0.25, -0.2) is 8.42 Å². The van der Waals surface area contributed by atoms with Gasteiger partial charge in [0.1, 0.15) is 12.6 Å². The van der Waals surface area contributed by atoms with E-state index in [-0.39, 0.29) is 23.4 Å². The normalized spacial score (nSPS) is 12.8. The summed E-state index contributed by atoms with van der Waals surface area (Å²) in [5.41, 5.74) is 3.27. The standard InChI is InChI=1S/C31H38ClN3O4S/c1-6-24(4)33-31(37)25(5)34(19-18-26-10-8-7-9-11-26)30(36)21-35(28-15-12-22(2)23(3)20-28)40(38,39)29-16-13-27(32)14-17-29/h7-17,20,24-25H,6,18-19,21H2,1-5H3,(H,33,37). The van der Waals surface area contributed by atoms with Crippen LogP contribution in [0.3, 0.4) is 0 Å². The van der Waals surface area contributed by atoms with Crippen LogP contribution < -0.4 is 9.62 Å². The molecule has 0 aliphatic heterocycles. The van der Waals surface area contributed by atoms with Gasteiger partial charge in [-0.2, -0.15) is 0 Å². The van der Waals surface area contributed by atoms with Crippen molar-refractivity contribution in [2.24, 2.45) is 0 Å². The van der Waals surface area contributed by atoms with Crippen molar-refractivity contribution >= 4 is 39.1 Å². The topological polar surface area (TPSA) is 86.8 Å². The Morgan fingerprint density at radius 3 is 2.17 bits per heavy atom. The van der Waals surface area contributed by atoms with E-state index >= 15 is 0 Å². The molecule has 0 aromatic heterocycles. The van der Waals surface area contributed by atoms with Gasteiger partial charge in [-0.1, -0.05) is 54.9 Å². The van der Waals surface area contributed by atoms with Crippen LogP contribution in [-0.2, 0) is 26.0 Å². The van der Waals surface area contributed by atoms with Crippen LogP contribution in [0.2, 0.25) is 5.02 Å². The summed E-state index contributed by atoms with van der Waals surface area (Å²) in [6.45, 7) is 9.15. The number of hydrogen-bond donors (Lipinski definition) is 1. The molecule has 3 aromatic carbocycles. The van der Waals surface area contributed by atoms with E-state index in [1.54, 1.807) is 19.1 Å². The second-order valence-corrected chi connectivity index (χ2v) is 12.3. The van der Waals surface area contributed by atoms with Crippen LogP contribution >= 0.6 is 11.6 Å². The summed E-state index contributed by atoms with van der Waals surface area (Å²) in [6.07, 6.45) is 1.26. The molecule has 2 atom stereocenters. The summed E-state index contributed by atoms with van der Waals surface area (Å²) in [7, 11) is -4.14. The van der Waals surface area contributed by atoms with Gasteiger partial charge in [-0.05, 0) is 93.6 Å². The highest BCUT2D eigenvalue weighted by Crippen LogP contribution is 2.27. The Bertz CT molecular complexity index is 1410. The van der Waals surface area contributed by atoms with Crippen LogP contribution in [-0.4, -0.2) is 50.3 Å². The first-order valence-corrected chi connectivity index (χ1v) is 15.2. The summed E-state index contributed by atoms with van der Waals surface area (Å²) < 4.78 is 28.9. The number of hydrogen-bond acceptors (Lipinski definition) is 4. The lowest BCUT2D eigenvalue weighted by atomic mass is 10.1. The molecular weight excluding hydrogens is 546 g/mol. The van der Waals surface area contributed by atoms with Crippen molar-refractivity contribution < 1.29 is 18.0 Å². The number of nitrogens with one attached hydrogen (secondary N) is 1. The lowest BCUT2D eigenvalue weighted by molar-refractivity contribution is -0.139. The van der Waals surface area contributed by atoms with Crippen molar-refractivity contribution in [1.29, 1.82) is 0 Å². The van der Waals surface area contributed by atoms with Crippen LogP contribution in [0.1, 0.15) is 43.9 Å². The summed E-state index contributed by atoms with van der Waals surface area (Å²) >= 11 is 6.01. The lowest BCUT2D eigenvalue weighted by Crippen LogP contribution is -2.53. The van der Waals surface area contributed by atoms with Crippen molar-refractivity contribution in [2.75, 3.05) is 17.4 Å². The molecule has 2 amide bonds. The van der Waals surface area contributed by atoms with Crippen molar-refractivity contribution in [3.63, 3.8) is 0 Å². The smallest absolute Gasteiger partial charge is 0.264 e. The highest BCUT2D eigenvalue weighted by Gasteiger charge is 2.32. The summed E-state index contributed by atoms with van der Waals surface area (Å²) in [4.78, 5) is 28.5. The molecule has 0 radical (unpaired) electrons. The Kier molecular flexibility index (Phi) is 10.8. The monoisotopic (exact) mass is 583 g/mol. The largest absolute Gasteiger partial charge is 0.352 e. The number of sulfonamides is 1. The highest BCUT2D eigenvalue weighted by atomic mass is 35.5. The fourth-order valence-electron chi connectivity index (χ4n) is 4.18. The van der Waals surface area contributed by atoms with E-state index in [1.165, 1.54) is 29.2 Å². The second-order valence-electron chi connectivity index (χ2n) is 10.1. The van der Waals surface area contributed by atoms with E-state index < -0.39 is 28.5 Å². The first-order valence-electron chi connectivity index (χ1n) is 13.4. The fraction of sp³-hybridized carbons (Fsp3) is 0.355. The Morgan fingerprint density at radius 2 is 1.57 bits per heavy atom. The van der Waals surface area contributed by atoms with Gasteiger partial charge in [0.15, 0.2) is 0 Å². The van der Waals surface area contributed by atoms with Crippen LogP contribution in [0.25, 0.3) is 0 Å². The fourth-order valence-corrected chi connectivity index (χ4v) is 5.71. The molecule has 214 valence electrons. The first kappa shape index (κ1) is 31.2. The molecule has 0 bridgehead atoms. The maximum atomic E-state index is 14.0. The molecule has 9 heteroatoms. The first-order chi connectivity index (χ1) is 18.9. The van der Waals surface area contributed by atoms with Crippen LogP contribution in [0.4, 0.5) is 5.69 Å². The molecule has 3 aromatic rings. The number of amides is 2. The van der Waals surface area contributed by atoms with Gasteiger partial charge in [0, 0.05) is 17.6 Å². The van der Waals surface area contributed by atoms with Crippen molar-refractivity contribution in [2.45, 2.75) is 64.4 Å². The minimum Gasteiger partial charge on any atom is -0.352 e. The zero-order valence-corrected chi connectivity index (χ0v) is 25.3. The summed E-state index contributed by atoms with van der Waals surface area (Å²) in [5.74, 6) is -0.757. The van der Waals surface area contributed by atoms with Gasteiger partial charge in [-0.3, -0.25) is 13.9 Å². The Morgan fingerprint density at radius 1 is 0.925 bits per heavy atom. The molecule has 2 unspecified atom stereocenters. The molecule has 0 saturated carbocycles. The third-order valence-corrected chi connectivity index (χ3v) is 9.15. The zero-order chi connectivity index (χ0) is 29.4. The highest BCUT2D eigenvalue weighted by molar-refractivity contribution is 7.92. The second kappa shape index (κ2) is 13.8. The van der Waals surface area contributed by atoms with Gasteiger partial charge in [0.05, 0.1) is 10.6 Å². The molecule has 3 rings (SSSR count). The van der Waals surface area contributed by atoms with Crippen molar-refractivity contribution in [3.05, 3.63) is 94.5 Å². The maximum Gasteiger partial charge on any atom is 0.264 e. The number of halogens is 1. The molecule has 0 spiro atoms. The van der Waals surface area contributed by atoms with Gasteiger partial charge in [-0.15, -0.1) is 0 Å². The number of nitrogens with zero attached hydrogens (tertiary/aromatic N) is 2. The quantitative estimate of drug-likeness (QED) is 0.304. The SMILES string of the molecule is CCC(C)NC(=O)C(C)N(CCc1ccccc1)C(=O)CN(c1ccc(C)c(C)c1)S(=O)(=O)c1ccc(Cl)cc1. The van der Waals surface area contributed by atoms with E-state index in [0.717, 1.165) is 27.4 Å². The molecule has 1 N–H and O–H groups in total. The van der Waals surface area contributed by atoms with E-state index in [4.69, 9.17) is 11.6 Å². The average molecular weight is 584 g/mol. The molecule has 0 aliphatic carbocycles. The van der Waals surface area contributed by atoms with Crippen molar-refractivity contribution in [3.8, 4) is 0 Å². The third-order valence-electron chi connectivity index (χ3n) is 7.11. The van der Waals surface area contributed by atoms with Gasteiger partial charge < -0.3 is 10.2 Å². The Labute approximate surface area is 243 Å². The molecule has 40 heavy (non-hydrogen) atoms. The predicted molar refractivity (Wildman–Crippen MR) is 161 cm³/mol. The van der Waals surface area contributed by atoms with Gasteiger partial charge in [0.2, 0.25) is 11.8 Å². The minimum absolute atomic E-state index is 0.0151. The molecular formula is C31H38ClN3O4S. The number of benzene rings is 3. The Hall–Kier alpha value is -3.36. The number of anilines is 1. The van der Waals surface area contributed by atoms with E-state index in [2.05, 4.69) is 5.32 Å².